The summed E-state index contributed by atoms with van der Waals surface area (Å²) in [5, 5.41) is 10.1. The number of ether oxygens (including phenoxy) is 1. The summed E-state index contributed by atoms with van der Waals surface area (Å²) in [5.74, 6) is 0.941. The molecule has 24 heavy (non-hydrogen) atoms. The molecule has 0 bridgehead atoms. The van der Waals surface area contributed by atoms with E-state index in [0.29, 0.717) is 18.2 Å². The molecule has 0 saturated heterocycles. The Morgan fingerprint density at radius 3 is 2.58 bits per heavy atom. The van der Waals surface area contributed by atoms with Crippen LogP contribution in [0.25, 0.3) is 0 Å². The first kappa shape index (κ1) is 16.4. The summed E-state index contributed by atoms with van der Waals surface area (Å²) in [4.78, 5) is 15.0. The molecule has 1 saturated carbocycles. The van der Waals surface area contributed by atoms with E-state index in [0.717, 1.165) is 18.4 Å². The molecule has 3 rings (SSSR count). The van der Waals surface area contributed by atoms with Gasteiger partial charge in [0.05, 0.1) is 12.7 Å². The van der Waals surface area contributed by atoms with Crippen LogP contribution < -0.4 is 4.74 Å². The Kier molecular flexibility index (Phi) is 4.74. The van der Waals surface area contributed by atoms with Crippen molar-refractivity contribution in [2.45, 2.75) is 32.4 Å². The van der Waals surface area contributed by atoms with Crippen LogP contribution in [0.15, 0.2) is 48.5 Å². The second kappa shape index (κ2) is 6.95. The lowest BCUT2D eigenvalue weighted by atomic mass is 10.1. The van der Waals surface area contributed by atoms with Gasteiger partial charge in [-0.3, -0.25) is 4.79 Å². The van der Waals surface area contributed by atoms with Crippen LogP contribution in [0.2, 0.25) is 0 Å². The van der Waals surface area contributed by atoms with Crippen molar-refractivity contribution in [2.24, 2.45) is 5.92 Å². The molecule has 0 radical (unpaired) electrons. The van der Waals surface area contributed by atoms with Gasteiger partial charge in [0, 0.05) is 12.6 Å². The Balaban J connectivity index is 1.91. The first-order chi connectivity index (χ1) is 11.6. The molecule has 4 heteroatoms. The molecule has 2 aromatic rings. The highest BCUT2D eigenvalue weighted by Crippen LogP contribution is 2.37. The topological polar surface area (TPSA) is 49.8 Å². The van der Waals surface area contributed by atoms with Gasteiger partial charge in [-0.15, -0.1) is 0 Å². The van der Waals surface area contributed by atoms with Crippen molar-refractivity contribution in [1.29, 1.82) is 0 Å². The summed E-state index contributed by atoms with van der Waals surface area (Å²) in [5.41, 5.74) is 1.37. The first-order valence-electron chi connectivity index (χ1n) is 8.32. The predicted octanol–water partition coefficient (Wildman–Crippen LogP) is 3.84. The van der Waals surface area contributed by atoms with Crippen LogP contribution in [0.5, 0.6) is 11.5 Å². The van der Waals surface area contributed by atoms with Crippen LogP contribution >= 0.6 is 0 Å². The van der Waals surface area contributed by atoms with Crippen molar-refractivity contribution >= 4 is 5.91 Å². The molecule has 4 nitrogen and oxygen atoms in total. The minimum Gasteiger partial charge on any atom is -0.507 e. The Labute approximate surface area is 142 Å². The number of phenolic OH excluding ortho intramolecular Hbond substituents is 1. The number of carbonyl (C=O) groups is 1. The predicted molar refractivity (Wildman–Crippen MR) is 93.2 cm³/mol. The monoisotopic (exact) mass is 325 g/mol. The Morgan fingerprint density at radius 1 is 1.25 bits per heavy atom. The molecule has 1 aliphatic rings. The van der Waals surface area contributed by atoms with E-state index in [1.165, 1.54) is 6.07 Å². The molecule has 0 heterocycles. The van der Waals surface area contributed by atoms with Crippen molar-refractivity contribution in [3.05, 3.63) is 59.7 Å². The van der Waals surface area contributed by atoms with Crippen molar-refractivity contribution in [1.82, 2.24) is 4.90 Å². The number of methoxy groups -OCH3 is 1. The van der Waals surface area contributed by atoms with Gasteiger partial charge in [-0.25, -0.2) is 0 Å². The minimum absolute atomic E-state index is 0.0122. The smallest absolute Gasteiger partial charge is 0.258 e. The molecular weight excluding hydrogens is 302 g/mol. The second-order valence-electron chi connectivity index (χ2n) is 6.38. The highest BCUT2D eigenvalue weighted by Gasteiger charge is 2.35. The van der Waals surface area contributed by atoms with Crippen molar-refractivity contribution in [2.75, 3.05) is 7.11 Å². The van der Waals surface area contributed by atoms with Gasteiger partial charge in [-0.1, -0.05) is 30.3 Å². The maximum atomic E-state index is 13.1. The van der Waals surface area contributed by atoms with E-state index in [1.54, 1.807) is 19.2 Å². The van der Waals surface area contributed by atoms with E-state index in [9.17, 15) is 9.90 Å². The summed E-state index contributed by atoms with van der Waals surface area (Å²) in [6.45, 7) is 2.63. The van der Waals surface area contributed by atoms with E-state index < -0.39 is 0 Å². The highest BCUT2D eigenvalue weighted by atomic mass is 16.5. The molecule has 1 fully saturated rings. The summed E-state index contributed by atoms with van der Waals surface area (Å²) < 4.78 is 5.20. The van der Waals surface area contributed by atoms with E-state index in [-0.39, 0.29) is 23.3 Å². The quantitative estimate of drug-likeness (QED) is 0.878. The van der Waals surface area contributed by atoms with E-state index in [1.807, 2.05) is 35.2 Å². The van der Waals surface area contributed by atoms with Gasteiger partial charge in [-0.05, 0) is 49.4 Å². The first-order valence-corrected chi connectivity index (χ1v) is 8.32. The fourth-order valence-corrected chi connectivity index (χ4v) is 2.98. The van der Waals surface area contributed by atoms with Crippen LogP contribution in [-0.4, -0.2) is 29.1 Å². The highest BCUT2D eigenvalue weighted by molar-refractivity contribution is 5.97. The molecule has 1 amide bonds. The number of rotatable bonds is 6. The fourth-order valence-electron chi connectivity index (χ4n) is 2.98. The Bertz CT molecular complexity index is 710. The SMILES string of the molecule is COc1ccc(O)c(C(=O)N(Cc2ccccc2)C(C)C2CC2)c1. The standard InChI is InChI=1S/C20H23NO3/c1-14(16-8-9-16)21(13-15-6-4-3-5-7-15)20(23)18-12-17(24-2)10-11-19(18)22/h3-7,10-12,14,16,22H,8-9,13H2,1-2H3. The zero-order valence-corrected chi connectivity index (χ0v) is 14.1. The lowest BCUT2D eigenvalue weighted by Gasteiger charge is -2.30. The van der Waals surface area contributed by atoms with Gasteiger partial charge in [0.2, 0.25) is 0 Å². The third-order valence-electron chi connectivity index (χ3n) is 4.69. The summed E-state index contributed by atoms with van der Waals surface area (Å²) in [6, 6.07) is 14.9. The van der Waals surface area contributed by atoms with Crippen LogP contribution in [0.3, 0.4) is 0 Å². The summed E-state index contributed by atoms with van der Waals surface area (Å²) >= 11 is 0. The number of benzene rings is 2. The van der Waals surface area contributed by atoms with Crippen LogP contribution in [-0.2, 0) is 6.54 Å². The zero-order valence-electron chi connectivity index (χ0n) is 14.1. The van der Waals surface area contributed by atoms with Crippen molar-refractivity contribution in [3.63, 3.8) is 0 Å². The average molecular weight is 325 g/mol. The molecule has 1 unspecified atom stereocenters. The number of amides is 1. The van der Waals surface area contributed by atoms with E-state index >= 15 is 0 Å². The summed E-state index contributed by atoms with van der Waals surface area (Å²) in [6.07, 6.45) is 2.31. The molecule has 126 valence electrons. The molecule has 0 aromatic heterocycles. The van der Waals surface area contributed by atoms with Gasteiger partial charge < -0.3 is 14.7 Å². The van der Waals surface area contributed by atoms with Crippen molar-refractivity contribution in [3.8, 4) is 11.5 Å². The van der Waals surface area contributed by atoms with E-state index in [2.05, 4.69) is 6.92 Å². The van der Waals surface area contributed by atoms with Crippen molar-refractivity contribution < 1.29 is 14.6 Å². The third-order valence-corrected chi connectivity index (χ3v) is 4.69. The maximum Gasteiger partial charge on any atom is 0.258 e. The molecule has 1 atom stereocenters. The fraction of sp³-hybridized carbons (Fsp3) is 0.350. The largest absolute Gasteiger partial charge is 0.507 e. The number of aromatic hydroxyl groups is 1. The zero-order chi connectivity index (χ0) is 17.1. The number of nitrogens with zero attached hydrogens (tertiary/aromatic N) is 1. The van der Waals surface area contributed by atoms with Gasteiger partial charge in [0.1, 0.15) is 11.5 Å². The van der Waals surface area contributed by atoms with E-state index in [4.69, 9.17) is 4.74 Å². The Hall–Kier alpha value is -2.49. The Morgan fingerprint density at radius 2 is 1.96 bits per heavy atom. The lowest BCUT2D eigenvalue weighted by molar-refractivity contribution is 0.0651. The molecule has 2 aromatic carbocycles. The molecule has 1 aliphatic carbocycles. The van der Waals surface area contributed by atoms with Crippen LogP contribution in [0.4, 0.5) is 0 Å². The molecule has 0 aliphatic heterocycles. The number of carbonyl (C=O) groups excluding carboxylic acids is 1. The summed E-state index contributed by atoms with van der Waals surface area (Å²) in [7, 11) is 1.55. The lowest BCUT2D eigenvalue weighted by Crippen LogP contribution is -2.39. The van der Waals surface area contributed by atoms with Crippen LogP contribution in [0.1, 0.15) is 35.7 Å². The average Bonchev–Trinajstić information content (AvgIpc) is 3.45. The number of phenols is 1. The second-order valence-corrected chi connectivity index (χ2v) is 6.38. The van der Waals surface area contributed by atoms with Crippen LogP contribution in [0, 0.1) is 5.92 Å². The van der Waals surface area contributed by atoms with Gasteiger partial charge in [-0.2, -0.15) is 0 Å². The molecular formula is C20H23NO3. The van der Waals surface area contributed by atoms with Gasteiger partial charge in [0.15, 0.2) is 0 Å². The maximum absolute atomic E-state index is 13.1. The number of hydrogen-bond donors (Lipinski definition) is 1. The number of hydrogen-bond acceptors (Lipinski definition) is 3. The normalized spacial score (nSPS) is 14.9. The minimum atomic E-state index is -0.158. The van der Waals surface area contributed by atoms with Gasteiger partial charge >= 0.3 is 0 Å². The molecule has 1 N–H and O–H groups in total. The van der Waals surface area contributed by atoms with Gasteiger partial charge in [0.25, 0.3) is 5.91 Å². The molecule has 0 spiro atoms. The third kappa shape index (κ3) is 3.53.